The van der Waals surface area contributed by atoms with Crippen molar-refractivity contribution in [2.24, 2.45) is 0 Å². The molecule has 0 aliphatic carbocycles. The average molecular weight is 351 g/mol. The number of hydrogen-bond donors (Lipinski definition) is 2. The molecule has 0 saturated heterocycles. The van der Waals surface area contributed by atoms with Crippen LogP contribution >= 0.6 is 15.9 Å². The lowest BCUT2D eigenvalue weighted by Gasteiger charge is -2.20. The van der Waals surface area contributed by atoms with Gasteiger partial charge in [0.1, 0.15) is 5.60 Å². The summed E-state index contributed by atoms with van der Waals surface area (Å²) in [5.74, 6) is -0.787. The van der Waals surface area contributed by atoms with Gasteiger partial charge in [-0.15, -0.1) is 0 Å². The van der Waals surface area contributed by atoms with Gasteiger partial charge in [-0.3, -0.25) is 4.79 Å². The van der Waals surface area contributed by atoms with Crippen LogP contribution in [-0.2, 0) is 11.0 Å². The highest BCUT2D eigenvalue weighted by atomic mass is 79.9. The lowest BCUT2D eigenvalue weighted by Crippen LogP contribution is -2.41. The molecule has 1 amide bonds. The number of alkyl halides is 4. The molecule has 1 atom stereocenters. The summed E-state index contributed by atoms with van der Waals surface area (Å²) in [5.41, 5.74) is -3.39. The Labute approximate surface area is 121 Å². The lowest BCUT2D eigenvalue weighted by atomic mass is 10.1. The first kappa shape index (κ1) is 16.5. The summed E-state index contributed by atoms with van der Waals surface area (Å²) in [7, 11) is 0. The number of carbonyl (C=O) groups excluding carboxylic acids is 1. The van der Waals surface area contributed by atoms with Crippen LogP contribution in [0.1, 0.15) is 12.5 Å². The Kier molecular flexibility index (Phi) is 4.78. The monoisotopic (exact) mass is 350 g/mol. The minimum atomic E-state index is -4.64. The molecule has 0 fully saturated rings. The van der Waals surface area contributed by atoms with Gasteiger partial charge < -0.3 is 10.4 Å². The molecule has 0 aliphatic rings. The predicted molar refractivity (Wildman–Crippen MR) is 70.8 cm³/mol. The van der Waals surface area contributed by atoms with Gasteiger partial charge in [0.15, 0.2) is 0 Å². The fourth-order valence-corrected chi connectivity index (χ4v) is 1.52. The molecular formula is C12H10BrF3N2O2. The molecule has 0 heterocycles. The zero-order valence-electron chi connectivity index (χ0n) is 10.3. The predicted octanol–water partition coefficient (Wildman–Crippen LogP) is 3.34. The summed E-state index contributed by atoms with van der Waals surface area (Å²) in [4.78, 5) is 14.5. The number of nitrogens with zero attached hydrogens (tertiary/aromatic N) is 1. The number of amides is 1. The van der Waals surface area contributed by atoms with Crippen molar-refractivity contribution in [2.75, 3.05) is 10.6 Å². The van der Waals surface area contributed by atoms with Crippen LogP contribution in [0.25, 0.3) is 4.85 Å². The molecule has 2 N–H and O–H groups in total. The molecule has 1 rings (SSSR count). The Morgan fingerprint density at radius 1 is 1.50 bits per heavy atom. The van der Waals surface area contributed by atoms with Gasteiger partial charge in [-0.1, -0.05) is 22.0 Å². The largest absolute Gasteiger partial charge is 0.407 e. The zero-order chi connectivity index (χ0) is 15.6. The molecule has 0 radical (unpaired) electrons. The van der Waals surface area contributed by atoms with E-state index in [9.17, 15) is 23.1 Å². The Morgan fingerprint density at radius 2 is 2.10 bits per heavy atom. The molecule has 108 valence electrons. The average Bonchev–Trinajstić information content (AvgIpc) is 2.37. The van der Waals surface area contributed by atoms with Crippen LogP contribution < -0.4 is 5.32 Å². The van der Waals surface area contributed by atoms with E-state index < -0.39 is 28.9 Å². The van der Waals surface area contributed by atoms with Crippen molar-refractivity contribution in [3.8, 4) is 0 Å². The minimum Gasteiger partial charge on any atom is -0.379 e. The second-order valence-electron chi connectivity index (χ2n) is 4.20. The summed E-state index contributed by atoms with van der Waals surface area (Å²) in [6.45, 7) is 8.01. The Hall–Kier alpha value is -1.59. The van der Waals surface area contributed by atoms with E-state index >= 15 is 0 Å². The van der Waals surface area contributed by atoms with E-state index in [-0.39, 0.29) is 11.0 Å². The first-order valence-electron chi connectivity index (χ1n) is 5.30. The number of aliphatic hydroxyl groups is 1. The number of benzene rings is 1. The molecule has 0 unspecified atom stereocenters. The third-order valence-electron chi connectivity index (χ3n) is 2.43. The maximum Gasteiger partial charge on any atom is 0.407 e. The van der Waals surface area contributed by atoms with Crippen molar-refractivity contribution in [1.29, 1.82) is 0 Å². The minimum absolute atomic E-state index is 0.00947. The van der Waals surface area contributed by atoms with E-state index in [1.165, 1.54) is 6.92 Å². The quantitative estimate of drug-likeness (QED) is 0.648. The number of carbonyl (C=O) groups is 1. The van der Waals surface area contributed by atoms with E-state index in [1.54, 1.807) is 0 Å². The highest BCUT2D eigenvalue weighted by Gasteiger charge is 2.34. The summed E-state index contributed by atoms with van der Waals surface area (Å²) >= 11 is 2.94. The number of anilines is 1. The molecule has 1 aromatic rings. The van der Waals surface area contributed by atoms with Crippen LogP contribution in [-0.4, -0.2) is 21.9 Å². The molecule has 4 nitrogen and oxygen atoms in total. The van der Waals surface area contributed by atoms with Crippen molar-refractivity contribution in [3.63, 3.8) is 0 Å². The van der Waals surface area contributed by atoms with Crippen LogP contribution in [0, 0.1) is 6.57 Å². The zero-order valence-corrected chi connectivity index (χ0v) is 11.8. The summed E-state index contributed by atoms with van der Waals surface area (Å²) in [6.07, 6.45) is -4.64. The molecule has 20 heavy (non-hydrogen) atoms. The molecule has 0 bridgehead atoms. The SMILES string of the molecule is [C-]#[N+]c1cc(NC(=O)[C@@](C)(O)CBr)ccc1C(F)(F)F. The van der Waals surface area contributed by atoms with E-state index in [4.69, 9.17) is 6.57 Å². The number of rotatable bonds is 3. The summed E-state index contributed by atoms with van der Waals surface area (Å²) < 4.78 is 37.8. The van der Waals surface area contributed by atoms with Crippen LogP contribution in [0.5, 0.6) is 0 Å². The highest BCUT2D eigenvalue weighted by Crippen LogP contribution is 2.37. The molecule has 0 aliphatic heterocycles. The normalized spacial score (nSPS) is 14.2. The first-order chi connectivity index (χ1) is 9.11. The topological polar surface area (TPSA) is 53.7 Å². The van der Waals surface area contributed by atoms with Gasteiger partial charge in [-0.2, -0.15) is 13.2 Å². The second kappa shape index (κ2) is 5.81. The van der Waals surface area contributed by atoms with Crippen LogP contribution in [0.4, 0.5) is 24.5 Å². The van der Waals surface area contributed by atoms with E-state index in [0.717, 1.165) is 12.1 Å². The fourth-order valence-electron chi connectivity index (χ4n) is 1.27. The molecule has 1 aromatic carbocycles. The molecular weight excluding hydrogens is 341 g/mol. The Balaban J connectivity index is 3.07. The Morgan fingerprint density at radius 3 is 2.55 bits per heavy atom. The standard InChI is InChI=1S/C12H10BrF3N2O2/c1-11(20,6-13)10(19)18-7-3-4-8(12(14,15)16)9(5-7)17-2/h3-5,20H,6H2,1H3,(H,18,19)/t11-/m0/s1. The molecule has 0 saturated carbocycles. The fraction of sp³-hybridized carbons (Fsp3) is 0.333. The van der Waals surface area contributed by atoms with E-state index in [1.807, 2.05) is 0 Å². The van der Waals surface area contributed by atoms with Gasteiger partial charge in [0.25, 0.3) is 5.91 Å². The number of halogens is 4. The smallest absolute Gasteiger partial charge is 0.379 e. The van der Waals surface area contributed by atoms with Crippen molar-refractivity contribution in [2.45, 2.75) is 18.7 Å². The number of hydrogen-bond acceptors (Lipinski definition) is 2. The highest BCUT2D eigenvalue weighted by molar-refractivity contribution is 9.09. The van der Waals surface area contributed by atoms with Gasteiger partial charge in [-0.25, -0.2) is 4.85 Å². The second-order valence-corrected chi connectivity index (χ2v) is 4.76. The van der Waals surface area contributed by atoms with Gasteiger partial charge in [0, 0.05) is 11.0 Å². The van der Waals surface area contributed by atoms with Crippen molar-refractivity contribution in [1.82, 2.24) is 0 Å². The van der Waals surface area contributed by atoms with Crippen LogP contribution in [0.2, 0.25) is 0 Å². The molecule has 0 aromatic heterocycles. The third kappa shape index (κ3) is 3.71. The number of nitrogens with one attached hydrogen (secondary N) is 1. The van der Waals surface area contributed by atoms with Crippen molar-refractivity contribution >= 4 is 33.2 Å². The lowest BCUT2D eigenvalue weighted by molar-refractivity contribution is -0.136. The summed E-state index contributed by atoms with van der Waals surface area (Å²) in [6, 6.07) is 2.66. The van der Waals surface area contributed by atoms with Crippen LogP contribution in [0.3, 0.4) is 0 Å². The molecule has 8 heteroatoms. The maximum atomic E-state index is 12.6. The molecule has 0 spiro atoms. The maximum absolute atomic E-state index is 12.6. The van der Waals surface area contributed by atoms with E-state index in [0.29, 0.717) is 6.07 Å². The van der Waals surface area contributed by atoms with Gasteiger partial charge in [-0.05, 0) is 19.1 Å². The first-order valence-corrected chi connectivity index (χ1v) is 6.42. The van der Waals surface area contributed by atoms with Crippen molar-refractivity contribution in [3.05, 3.63) is 35.2 Å². The van der Waals surface area contributed by atoms with Gasteiger partial charge >= 0.3 is 6.18 Å². The van der Waals surface area contributed by atoms with Gasteiger partial charge in [0.2, 0.25) is 5.69 Å². The summed E-state index contributed by atoms with van der Waals surface area (Å²) in [5, 5.41) is 11.9. The van der Waals surface area contributed by atoms with Gasteiger partial charge in [0.05, 0.1) is 12.1 Å². The van der Waals surface area contributed by atoms with Crippen LogP contribution in [0.15, 0.2) is 18.2 Å². The van der Waals surface area contributed by atoms with Crippen molar-refractivity contribution < 1.29 is 23.1 Å². The van der Waals surface area contributed by atoms with E-state index in [2.05, 4.69) is 26.1 Å². The Bertz CT molecular complexity index is 565. The third-order valence-corrected chi connectivity index (χ3v) is 3.52.